The summed E-state index contributed by atoms with van der Waals surface area (Å²) in [4.78, 5) is 34.1. The number of para-hydroxylation sites is 1. The third-order valence-electron chi connectivity index (χ3n) is 6.13. The van der Waals surface area contributed by atoms with Crippen LogP contribution in [0.25, 0.3) is 21.2 Å². The van der Waals surface area contributed by atoms with Crippen LogP contribution in [0.3, 0.4) is 0 Å². The van der Waals surface area contributed by atoms with E-state index in [0.717, 1.165) is 46.9 Å². The van der Waals surface area contributed by atoms with E-state index < -0.39 is 11.5 Å². The Morgan fingerprint density at radius 1 is 1.11 bits per heavy atom. The summed E-state index contributed by atoms with van der Waals surface area (Å²) >= 11 is 1.64. The van der Waals surface area contributed by atoms with Gasteiger partial charge in [0.05, 0.1) is 18.9 Å². The lowest BCUT2D eigenvalue weighted by Crippen LogP contribution is -2.48. The summed E-state index contributed by atoms with van der Waals surface area (Å²) in [5.41, 5.74) is 0.684. The monoisotopic (exact) mass is 530 g/mol. The van der Waals surface area contributed by atoms with Gasteiger partial charge in [-0.2, -0.15) is 0 Å². The maximum absolute atomic E-state index is 12.5. The zero-order chi connectivity index (χ0) is 24.4. The number of thiazole rings is 1. The molecule has 2 aromatic carbocycles. The van der Waals surface area contributed by atoms with Crippen molar-refractivity contribution in [1.29, 1.82) is 0 Å². The van der Waals surface area contributed by atoms with Gasteiger partial charge >= 0.3 is 5.63 Å². The van der Waals surface area contributed by atoms with Crippen molar-refractivity contribution in [3.8, 4) is 11.5 Å². The van der Waals surface area contributed by atoms with E-state index in [9.17, 15) is 9.59 Å². The topological polar surface area (TPSA) is 97.1 Å². The van der Waals surface area contributed by atoms with Gasteiger partial charge in [0.15, 0.2) is 16.6 Å². The highest BCUT2D eigenvalue weighted by molar-refractivity contribution is 7.22. The summed E-state index contributed by atoms with van der Waals surface area (Å²) in [6, 6.07) is 12.6. The molecule has 0 atom stereocenters. The van der Waals surface area contributed by atoms with Crippen LogP contribution in [0, 0.1) is 0 Å². The molecule has 1 aliphatic rings. The lowest BCUT2D eigenvalue weighted by molar-refractivity contribution is 0.0944. The van der Waals surface area contributed by atoms with Crippen molar-refractivity contribution in [2.24, 2.45) is 0 Å². The molecule has 2 aromatic heterocycles. The van der Waals surface area contributed by atoms with E-state index >= 15 is 0 Å². The lowest BCUT2D eigenvalue weighted by atomic mass is 10.2. The molecule has 36 heavy (non-hydrogen) atoms. The first-order chi connectivity index (χ1) is 17.1. The molecule has 0 unspecified atom stereocenters. The molecular weight excluding hydrogens is 504 g/mol. The number of methoxy groups -OCH3 is 2. The zero-order valence-electron chi connectivity index (χ0n) is 20.0. The van der Waals surface area contributed by atoms with Crippen LogP contribution >= 0.6 is 23.7 Å². The molecule has 0 bridgehead atoms. The van der Waals surface area contributed by atoms with Gasteiger partial charge in [0, 0.05) is 44.7 Å². The van der Waals surface area contributed by atoms with Crippen molar-refractivity contribution < 1.29 is 18.7 Å². The van der Waals surface area contributed by atoms with E-state index in [0.29, 0.717) is 30.2 Å². The fourth-order valence-corrected chi connectivity index (χ4v) is 5.26. The van der Waals surface area contributed by atoms with E-state index in [-0.39, 0.29) is 18.0 Å². The fourth-order valence-electron chi connectivity index (χ4n) is 4.24. The van der Waals surface area contributed by atoms with Crippen LogP contribution in [0.2, 0.25) is 0 Å². The average Bonchev–Trinajstić information content (AvgIpc) is 3.32. The van der Waals surface area contributed by atoms with Gasteiger partial charge in [-0.3, -0.25) is 9.69 Å². The van der Waals surface area contributed by atoms with Crippen LogP contribution in [0.15, 0.2) is 51.7 Å². The number of nitrogens with one attached hydrogen (secondary N) is 1. The average molecular weight is 531 g/mol. The molecule has 1 aliphatic heterocycles. The van der Waals surface area contributed by atoms with E-state index in [1.807, 2.05) is 24.3 Å². The summed E-state index contributed by atoms with van der Waals surface area (Å²) in [6.07, 6.45) is 0. The number of hydrogen-bond acceptors (Lipinski definition) is 9. The van der Waals surface area contributed by atoms with Crippen LogP contribution in [-0.4, -0.2) is 69.3 Å². The molecule has 1 fully saturated rings. The number of piperazine rings is 1. The second-order valence-electron chi connectivity index (χ2n) is 8.21. The summed E-state index contributed by atoms with van der Waals surface area (Å²) in [5.74, 6) is 0.912. The van der Waals surface area contributed by atoms with Crippen molar-refractivity contribution in [2.75, 3.05) is 58.4 Å². The third-order valence-corrected chi connectivity index (χ3v) is 7.21. The van der Waals surface area contributed by atoms with Crippen LogP contribution < -0.4 is 25.3 Å². The number of carbonyl (C=O) groups is 1. The Hall–Kier alpha value is -3.34. The number of nitrogens with zero attached hydrogens (tertiary/aromatic N) is 3. The molecule has 1 amide bonds. The van der Waals surface area contributed by atoms with Gasteiger partial charge in [-0.05, 0) is 24.3 Å². The molecule has 190 valence electrons. The minimum absolute atomic E-state index is 0. The molecule has 4 aromatic rings. The molecule has 0 radical (unpaired) electrons. The molecule has 3 heterocycles. The lowest BCUT2D eigenvalue weighted by Gasteiger charge is -2.34. The highest BCUT2D eigenvalue weighted by Crippen LogP contribution is 2.40. The first-order valence-electron chi connectivity index (χ1n) is 11.4. The summed E-state index contributed by atoms with van der Waals surface area (Å²) in [5, 5.41) is 4.53. The first kappa shape index (κ1) is 25.7. The van der Waals surface area contributed by atoms with E-state index in [1.165, 1.54) is 0 Å². The van der Waals surface area contributed by atoms with Crippen molar-refractivity contribution >= 4 is 56.0 Å². The number of carbonyl (C=O) groups excluding carboxylic acids is 1. The number of rotatable bonds is 7. The number of amides is 1. The fraction of sp³-hybridized carbons (Fsp3) is 0.320. The SMILES string of the molecule is COc1ccc2sc(N3CCN(CCNC(=O)c4cc5ccccc5oc4=O)CC3)nc2c1OC.Cl. The maximum Gasteiger partial charge on any atom is 0.349 e. The molecule has 0 saturated carbocycles. The molecule has 9 nitrogen and oxygen atoms in total. The molecular formula is C25H27ClN4O5S. The molecule has 1 N–H and O–H groups in total. The quantitative estimate of drug-likeness (QED) is 0.363. The second kappa shape index (κ2) is 11.2. The van der Waals surface area contributed by atoms with Gasteiger partial charge in [0.25, 0.3) is 5.91 Å². The molecule has 0 aliphatic carbocycles. The zero-order valence-corrected chi connectivity index (χ0v) is 21.6. The highest BCUT2D eigenvalue weighted by atomic mass is 35.5. The third kappa shape index (κ3) is 5.11. The largest absolute Gasteiger partial charge is 0.493 e. The number of aromatic nitrogens is 1. The van der Waals surface area contributed by atoms with Crippen molar-refractivity contribution in [3.63, 3.8) is 0 Å². The Labute approximate surface area is 218 Å². The van der Waals surface area contributed by atoms with Gasteiger partial charge in [-0.15, -0.1) is 12.4 Å². The van der Waals surface area contributed by atoms with E-state index in [1.54, 1.807) is 43.8 Å². The number of fused-ring (bicyclic) bond motifs is 2. The minimum Gasteiger partial charge on any atom is -0.493 e. The Balaban J connectivity index is 0.00000304. The van der Waals surface area contributed by atoms with E-state index in [4.69, 9.17) is 18.9 Å². The molecule has 11 heteroatoms. The predicted molar refractivity (Wildman–Crippen MR) is 143 cm³/mol. The highest BCUT2D eigenvalue weighted by Gasteiger charge is 2.22. The normalized spacial score (nSPS) is 14.0. The van der Waals surface area contributed by atoms with Crippen molar-refractivity contribution in [1.82, 2.24) is 15.2 Å². The summed E-state index contributed by atoms with van der Waals surface area (Å²) < 4.78 is 17.2. The van der Waals surface area contributed by atoms with Gasteiger partial charge in [0.2, 0.25) is 0 Å². The maximum atomic E-state index is 12.5. The van der Waals surface area contributed by atoms with Gasteiger partial charge in [-0.25, -0.2) is 9.78 Å². The van der Waals surface area contributed by atoms with E-state index in [2.05, 4.69) is 15.1 Å². The summed E-state index contributed by atoms with van der Waals surface area (Å²) in [7, 11) is 3.25. The van der Waals surface area contributed by atoms with Crippen molar-refractivity contribution in [3.05, 3.63) is 58.4 Å². The molecule has 5 rings (SSSR count). The smallest absolute Gasteiger partial charge is 0.349 e. The van der Waals surface area contributed by atoms with Crippen LogP contribution in [0.5, 0.6) is 11.5 Å². The first-order valence-corrected chi connectivity index (χ1v) is 12.2. The number of ether oxygens (including phenoxy) is 2. The Morgan fingerprint density at radius 3 is 2.64 bits per heavy atom. The summed E-state index contributed by atoms with van der Waals surface area (Å²) in [6.45, 7) is 4.52. The standard InChI is InChI=1S/C25H26N4O5S.ClH/c1-32-19-7-8-20-21(22(19)33-2)27-25(35-20)29-13-11-28(12-14-29)10-9-26-23(30)17-15-16-5-3-4-6-18(16)34-24(17)31;/h3-8,15H,9-14H2,1-2H3,(H,26,30);1H. The van der Waals surface area contributed by atoms with Crippen LogP contribution in [0.4, 0.5) is 5.13 Å². The molecule has 1 saturated heterocycles. The number of benzene rings is 2. The number of halogens is 1. The van der Waals surface area contributed by atoms with Crippen molar-refractivity contribution in [2.45, 2.75) is 0 Å². The Bertz CT molecular complexity index is 1430. The minimum atomic E-state index is -0.625. The van der Waals surface area contributed by atoms with Gasteiger partial charge < -0.3 is 24.1 Å². The number of hydrogen-bond donors (Lipinski definition) is 1. The second-order valence-corrected chi connectivity index (χ2v) is 9.22. The van der Waals surface area contributed by atoms with Gasteiger partial charge in [0.1, 0.15) is 16.7 Å². The molecule has 0 spiro atoms. The predicted octanol–water partition coefficient (Wildman–Crippen LogP) is 3.39. The van der Waals surface area contributed by atoms with Crippen LogP contribution in [-0.2, 0) is 0 Å². The van der Waals surface area contributed by atoms with Gasteiger partial charge in [-0.1, -0.05) is 29.5 Å². The Kier molecular flexibility index (Phi) is 7.97. The van der Waals surface area contributed by atoms with Crippen LogP contribution in [0.1, 0.15) is 10.4 Å². The number of anilines is 1. The Morgan fingerprint density at radius 2 is 1.89 bits per heavy atom.